The third kappa shape index (κ3) is 4.42. The van der Waals surface area contributed by atoms with Gasteiger partial charge in [-0.2, -0.15) is 0 Å². The number of fused-ring (bicyclic) bond motifs is 2. The minimum Gasteiger partial charge on any atom is -0.476 e. The van der Waals surface area contributed by atoms with Crippen molar-refractivity contribution in [1.82, 2.24) is 9.88 Å². The molecule has 7 heteroatoms. The van der Waals surface area contributed by atoms with E-state index in [0.29, 0.717) is 6.42 Å². The molecule has 4 rings (SSSR count). The lowest BCUT2D eigenvalue weighted by Gasteiger charge is -2.39. The molecule has 0 radical (unpaired) electrons. The summed E-state index contributed by atoms with van der Waals surface area (Å²) in [6.45, 7) is 3.51. The average Bonchev–Trinajstić information content (AvgIpc) is 3.15. The van der Waals surface area contributed by atoms with Crippen molar-refractivity contribution in [2.75, 3.05) is 13.1 Å². The van der Waals surface area contributed by atoms with Crippen molar-refractivity contribution >= 4 is 16.8 Å². The van der Waals surface area contributed by atoms with Crippen molar-refractivity contribution in [3.8, 4) is 5.75 Å². The molecule has 5 nitrogen and oxygen atoms in total. The van der Waals surface area contributed by atoms with Crippen LogP contribution in [-0.2, 0) is 17.6 Å². The smallest absolute Gasteiger partial charge is 0.260 e. The van der Waals surface area contributed by atoms with Gasteiger partial charge in [0.2, 0.25) is 0 Å². The maximum Gasteiger partial charge on any atom is 0.260 e. The number of primary amides is 1. The van der Waals surface area contributed by atoms with Gasteiger partial charge >= 0.3 is 0 Å². The first kappa shape index (κ1) is 21.3. The van der Waals surface area contributed by atoms with E-state index in [4.69, 9.17) is 10.5 Å². The van der Waals surface area contributed by atoms with Gasteiger partial charge in [0.1, 0.15) is 5.82 Å². The van der Waals surface area contributed by atoms with Crippen LogP contribution < -0.4 is 10.5 Å². The number of H-pyrrole nitrogens is 1. The van der Waals surface area contributed by atoms with Crippen molar-refractivity contribution in [3.63, 3.8) is 0 Å². The van der Waals surface area contributed by atoms with Crippen LogP contribution in [0.5, 0.6) is 5.75 Å². The molecule has 2 unspecified atom stereocenters. The lowest BCUT2D eigenvalue weighted by atomic mass is 9.94. The van der Waals surface area contributed by atoms with E-state index in [2.05, 4.69) is 9.88 Å². The molecule has 0 saturated heterocycles. The average molecular weight is 427 g/mol. The Labute approximate surface area is 180 Å². The van der Waals surface area contributed by atoms with E-state index in [0.717, 1.165) is 54.4 Å². The number of benzene rings is 2. The highest BCUT2D eigenvalue weighted by Gasteiger charge is 2.38. The first-order valence-corrected chi connectivity index (χ1v) is 10.7. The number of ether oxygens (including phenoxy) is 1. The van der Waals surface area contributed by atoms with Crippen LogP contribution in [0.1, 0.15) is 30.9 Å². The molecular weight excluding hydrogens is 400 g/mol. The number of hydrogen-bond acceptors (Lipinski definition) is 3. The molecule has 2 aromatic carbocycles. The summed E-state index contributed by atoms with van der Waals surface area (Å²) in [5.74, 6) is -1.17. The van der Waals surface area contributed by atoms with Crippen LogP contribution in [0.3, 0.4) is 0 Å². The topological polar surface area (TPSA) is 71.3 Å². The van der Waals surface area contributed by atoms with Crippen LogP contribution in [0.15, 0.2) is 42.6 Å². The molecule has 1 amide bonds. The van der Waals surface area contributed by atoms with Gasteiger partial charge in [0.25, 0.3) is 5.91 Å². The summed E-state index contributed by atoms with van der Waals surface area (Å²) in [6, 6.07) is 9.33. The van der Waals surface area contributed by atoms with Gasteiger partial charge in [0.15, 0.2) is 17.7 Å². The van der Waals surface area contributed by atoms with Crippen molar-refractivity contribution in [2.45, 2.75) is 44.8 Å². The van der Waals surface area contributed by atoms with Gasteiger partial charge in [-0.3, -0.25) is 9.69 Å². The number of nitrogens with zero attached hydrogens (tertiary/aromatic N) is 1. The number of halogens is 2. The van der Waals surface area contributed by atoms with Crippen LogP contribution in [0.25, 0.3) is 10.9 Å². The Morgan fingerprint density at radius 1 is 1.26 bits per heavy atom. The SMILES string of the molecule is CCN(CCCCc1c[nH]c2ccc(F)cc12)C1Cc2cccc(F)c2OC1C(N)=O. The number of likely N-dealkylation sites (N-methyl/N-ethyl adjacent to an activating group) is 1. The fraction of sp³-hybridized carbons (Fsp3) is 0.375. The number of aryl methyl sites for hydroxylation is 1. The lowest BCUT2D eigenvalue weighted by Crippen LogP contribution is -2.55. The summed E-state index contributed by atoms with van der Waals surface area (Å²) in [4.78, 5) is 17.4. The molecule has 0 aliphatic carbocycles. The Bertz CT molecular complexity index is 1080. The summed E-state index contributed by atoms with van der Waals surface area (Å²) in [5, 5.41) is 0.917. The maximum atomic E-state index is 14.1. The number of aromatic amines is 1. The van der Waals surface area contributed by atoms with Crippen molar-refractivity contribution < 1.29 is 18.3 Å². The zero-order valence-electron chi connectivity index (χ0n) is 17.5. The molecule has 0 saturated carbocycles. The summed E-state index contributed by atoms with van der Waals surface area (Å²) >= 11 is 0. The molecule has 1 aliphatic heterocycles. The highest BCUT2D eigenvalue weighted by atomic mass is 19.1. The fourth-order valence-electron chi connectivity index (χ4n) is 4.50. The molecule has 2 heterocycles. The van der Waals surface area contributed by atoms with E-state index in [1.54, 1.807) is 18.2 Å². The van der Waals surface area contributed by atoms with E-state index in [9.17, 15) is 13.6 Å². The Hall–Kier alpha value is -2.93. The number of carbonyl (C=O) groups excluding carboxylic acids is 1. The van der Waals surface area contributed by atoms with E-state index in [1.807, 2.05) is 19.2 Å². The number of nitrogens with one attached hydrogen (secondary N) is 1. The number of para-hydroxylation sites is 1. The first-order chi connectivity index (χ1) is 15.0. The standard InChI is InChI=1S/C24H27F2N3O2/c1-2-29(11-4-3-6-16-14-28-20-10-9-17(25)13-18(16)20)21-12-15-7-5-8-19(26)22(15)31-23(21)24(27)30/h5,7-10,13-14,21,23,28H,2-4,6,11-12H2,1H3,(H2,27,30). The van der Waals surface area contributed by atoms with Gasteiger partial charge < -0.3 is 15.5 Å². The van der Waals surface area contributed by atoms with E-state index in [1.165, 1.54) is 12.1 Å². The number of unbranched alkanes of at least 4 members (excludes halogenated alkanes) is 1. The summed E-state index contributed by atoms with van der Waals surface area (Å²) in [6.07, 6.45) is 4.20. The first-order valence-electron chi connectivity index (χ1n) is 10.7. The van der Waals surface area contributed by atoms with Gasteiger partial charge in [0, 0.05) is 17.1 Å². The molecule has 164 valence electrons. The predicted octanol–water partition coefficient (Wildman–Crippen LogP) is 3.95. The monoisotopic (exact) mass is 427 g/mol. The maximum absolute atomic E-state index is 14.1. The lowest BCUT2D eigenvalue weighted by molar-refractivity contribution is -0.128. The van der Waals surface area contributed by atoms with E-state index in [-0.39, 0.29) is 17.6 Å². The molecule has 2 atom stereocenters. The third-order valence-corrected chi connectivity index (χ3v) is 6.10. The molecule has 1 aromatic heterocycles. The fourth-order valence-corrected chi connectivity index (χ4v) is 4.50. The van der Waals surface area contributed by atoms with Crippen LogP contribution in [0.4, 0.5) is 8.78 Å². The zero-order chi connectivity index (χ0) is 22.0. The second kappa shape index (κ2) is 9.06. The summed E-state index contributed by atoms with van der Waals surface area (Å²) < 4.78 is 33.4. The quantitative estimate of drug-likeness (QED) is 0.535. The molecule has 1 aliphatic rings. The van der Waals surface area contributed by atoms with Gasteiger partial charge in [-0.25, -0.2) is 8.78 Å². The Balaban J connectivity index is 1.41. The molecule has 3 aromatic rings. The number of hydrogen-bond donors (Lipinski definition) is 2. The number of rotatable bonds is 8. The van der Waals surface area contributed by atoms with Crippen molar-refractivity contribution in [1.29, 1.82) is 0 Å². The third-order valence-electron chi connectivity index (χ3n) is 6.10. The zero-order valence-corrected chi connectivity index (χ0v) is 17.5. The minimum absolute atomic E-state index is 0.130. The van der Waals surface area contributed by atoms with Crippen LogP contribution in [0.2, 0.25) is 0 Å². The Kier molecular flexibility index (Phi) is 6.23. The van der Waals surface area contributed by atoms with E-state index < -0.39 is 17.8 Å². The second-order valence-electron chi connectivity index (χ2n) is 8.03. The van der Waals surface area contributed by atoms with Crippen molar-refractivity contribution in [2.24, 2.45) is 5.73 Å². The number of carbonyl (C=O) groups is 1. The molecule has 3 N–H and O–H groups in total. The number of aromatic nitrogens is 1. The largest absolute Gasteiger partial charge is 0.476 e. The molecule has 31 heavy (non-hydrogen) atoms. The summed E-state index contributed by atoms with van der Waals surface area (Å²) in [7, 11) is 0. The van der Waals surface area contributed by atoms with Crippen LogP contribution in [0, 0.1) is 11.6 Å². The number of amides is 1. The van der Waals surface area contributed by atoms with Gasteiger partial charge in [-0.15, -0.1) is 0 Å². The molecule has 0 spiro atoms. The van der Waals surface area contributed by atoms with E-state index >= 15 is 0 Å². The highest BCUT2D eigenvalue weighted by Crippen LogP contribution is 2.32. The van der Waals surface area contributed by atoms with Crippen LogP contribution in [-0.4, -0.2) is 41.0 Å². The predicted molar refractivity (Wildman–Crippen MR) is 116 cm³/mol. The molecular formula is C24H27F2N3O2. The molecule has 0 fully saturated rings. The second-order valence-corrected chi connectivity index (χ2v) is 8.03. The Morgan fingerprint density at radius 2 is 2.10 bits per heavy atom. The van der Waals surface area contributed by atoms with Gasteiger partial charge in [-0.1, -0.05) is 19.1 Å². The Morgan fingerprint density at radius 3 is 2.87 bits per heavy atom. The summed E-state index contributed by atoms with van der Waals surface area (Å²) in [5.41, 5.74) is 8.37. The minimum atomic E-state index is -0.888. The van der Waals surface area contributed by atoms with Gasteiger partial charge in [-0.05, 0) is 74.2 Å². The molecule has 0 bridgehead atoms. The normalized spacial score (nSPS) is 18.2. The highest BCUT2D eigenvalue weighted by molar-refractivity contribution is 5.83. The van der Waals surface area contributed by atoms with Gasteiger partial charge in [0.05, 0.1) is 6.04 Å². The van der Waals surface area contributed by atoms with Crippen LogP contribution >= 0.6 is 0 Å². The number of nitrogens with two attached hydrogens (primary N) is 1. The van der Waals surface area contributed by atoms with Crippen molar-refractivity contribution in [3.05, 3.63) is 65.4 Å².